The van der Waals surface area contributed by atoms with Crippen LogP contribution in [0, 0.1) is 6.92 Å². The van der Waals surface area contributed by atoms with Crippen LogP contribution < -0.4 is 0 Å². The molecule has 0 saturated carbocycles. The van der Waals surface area contributed by atoms with E-state index in [9.17, 15) is 4.79 Å². The molecule has 0 saturated heterocycles. The van der Waals surface area contributed by atoms with Crippen molar-refractivity contribution in [3.63, 3.8) is 0 Å². The molecule has 0 aliphatic heterocycles. The minimum atomic E-state index is -0.203. The fraction of sp³-hybridized carbons (Fsp3) is 0.364. The van der Waals surface area contributed by atoms with Crippen molar-refractivity contribution in [3.05, 3.63) is 22.8 Å². The van der Waals surface area contributed by atoms with Crippen molar-refractivity contribution in [2.24, 2.45) is 0 Å². The van der Waals surface area contributed by atoms with Crippen LogP contribution in [0.4, 0.5) is 0 Å². The minimum absolute atomic E-state index is 0.203. The normalized spacial score (nSPS) is 10.8. The molecule has 80 valence electrons. The smallest absolute Gasteiger partial charge is 0.310 e. The summed E-state index contributed by atoms with van der Waals surface area (Å²) in [4.78, 5) is 12.5. The SMILES string of the molecule is CCOC(=O)Cc1coc2cc(C)sc12. The number of carbonyl (C=O) groups is 1. The maximum absolute atomic E-state index is 11.3. The first kappa shape index (κ1) is 10.2. The Kier molecular flexibility index (Phi) is 2.77. The molecule has 0 spiro atoms. The number of hydrogen-bond acceptors (Lipinski definition) is 4. The largest absolute Gasteiger partial charge is 0.466 e. The Labute approximate surface area is 91.6 Å². The summed E-state index contributed by atoms with van der Waals surface area (Å²) >= 11 is 1.64. The molecule has 0 aromatic carbocycles. The van der Waals surface area contributed by atoms with Crippen LogP contribution in [0.3, 0.4) is 0 Å². The third kappa shape index (κ3) is 2.04. The van der Waals surface area contributed by atoms with Gasteiger partial charge in [0.1, 0.15) is 5.58 Å². The summed E-state index contributed by atoms with van der Waals surface area (Å²) in [5.74, 6) is -0.203. The molecule has 0 bridgehead atoms. The van der Waals surface area contributed by atoms with E-state index in [0.717, 1.165) is 15.8 Å². The summed E-state index contributed by atoms with van der Waals surface area (Å²) < 4.78 is 11.3. The fourth-order valence-corrected chi connectivity index (χ4v) is 2.43. The lowest BCUT2D eigenvalue weighted by atomic mass is 10.2. The second kappa shape index (κ2) is 4.06. The van der Waals surface area contributed by atoms with Gasteiger partial charge in [0.15, 0.2) is 0 Å². The Morgan fingerprint density at radius 3 is 3.13 bits per heavy atom. The van der Waals surface area contributed by atoms with E-state index in [4.69, 9.17) is 9.15 Å². The van der Waals surface area contributed by atoms with Crippen LogP contribution in [0.15, 0.2) is 16.7 Å². The molecule has 0 N–H and O–H groups in total. The van der Waals surface area contributed by atoms with Crippen molar-refractivity contribution < 1.29 is 13.9 Å². The van der Waals surface area contributed by atoms with Gasteiger partial charge in [-0.15, -0.1) is 11.3 Å². The van der Waals surface area contributed by atoms with Gasteiger partial charge in [-0.3, -0.25) is 4.79 Å². The van der Waals surface area contributed by atoms with E-state index in [2.05, 4.69) is 0 Å². The first-order valence-electron chi connectivity index (χ1n) is 4.83. The van der Waals surface area contributed by atoms with Gasteiger partial charge in [-0.2, -0.15) is 0 Å². The predicted molar refractivity (Wildman–Crippen MR) is 59.2 cm³/mol. The standard InChI is InChI=1S/C11H12O3S/c1-3-13-10(12)5-8-6-14-9-4-7(2)15-11(8)9/h4,6H,3,5H2,1-2H3. The topological polar surface area (TPSA) is 39.4 Å². The molecule has 15 heavy (non-hydrogen) atoms. The summed E-state index contributed by atoms with van der Waals surface area (Å²) in [5.41, 5.74) is 1.78. The van der Waals surface area contributed by atoms with Crippen LogP contribution in [0.25, 0.3) is 10.3 Å². The number of aryl methyl sites for hydroxylation is 1. The van der Waals surface area contributed by atoms with E-state index >= 15 is 0 Å². The molecule has 0 aliphatic carbocycles. The van der Waals surface area contributed by atoms with Gasteiger partial charge in [-0.05, 0) is 19.9 Å². The molecular weight excluding hydrogens is 212 g/mol. The number of esters is 1. The summed E-state index contributed by atoms with van der Waals surface area (Å²) in [7, 11) is 0. The Morgan fingerprint density at radius 2 is 2.40 bits per heavy atom. The molecule has 2 aromatic heterocycles. The average Bonchev–Trinajstić information content (AvgIpc) is 2.67. The van der Waals surface area contributed by atoms with Gasteiger partial charge in [0.05, 0.1) is 24.0 Å². The highest BCUT2D eigenvalue weighted by atomic mass is 32.1. The van der Waals surface area contributed by atoms with Crippen LogP contribution in [0.5, 0.6) is 0 Å². The molecule has 2 aromatic rings. The molecule has 2 heterocycles. The minimum Gasteiger partial charge on any atom is -0.466 e. The number of ether oxygens (including phenoxy) is 1. The summed E-state index contributed by atoms with van der Waals surface area (Å²) in [6.45, 7) is 4.25. The van der Waals surface area contributed by atoms with E-state index in [1.807, 2.05) is 13.0 Å². The summed E-state index contributed by atoms with van der Waals surface area (Å²) in [6, 6.07) is 1.98. The van der Waals surface area contributed by atoms with Crippen molar-refractivity contribution in [2.75, 3.05) is 6.61 Å². The van der Waals surface area contributed by atoms with Crippen LogP contribution in [-0.2, 0) is 16.0 Å². The lowest BCUT2D eigenvalue weighted by molar-refractivity contribution is -0.142. The maximum atomic E-state index is 11.3. The van der Waals surface area contributed by atoms with Gasteiger partial charge in [0.25, 0.3) is 0 Å². The first-order valence-corrected chi connectivity index (χ1v) is 5.64. The lowest BCUT2D eigenvalue weighted by Gasteiger charge is -1.98. The third-order valence-corrected chi connectivity index (χ3v) is 3.19. The van der Waals surface area contributed by atoms with Crippen molar-refractivity contribution in [3.8, 4) is 0 Å². The van der Waals surface area contributed by atoms with Gasteiger partial charge >= 0.3 is 5.97 Å². The van der Waals surface area contributed by atoms with Crippen molar-refractivity contribution in [1.29, 1.82) is 0 Å². The van der Waals surface area contributed by atoms with E-state index in [1.165, 1.54) is 4.88 Å². The van der Waals surface area contributed by atoms with Gasteiger partial charge in [0.2, 0.25) is 0 Å². The number of fused-ring (bicyclic) bond motifs is 1. The highest BCUT2D eigenvalue weighted by molar-refractivity contribution is 7.19. The van der Waals surface area contributed by atoms with Gasteiger partial charge in [0, 0.05) is 10.4 Å². The Morgan fingerprint density at radius 1 is 1.60 bits per heavy atom. The monoisotopic (exact) mass is 224 g/mol. The molecule has 0 unspecified atom stereocenters. The zero-order chi connectivity index (χ0) is 10.8. The highest BCUT2D eigenvalue weighted by Crippen LogP contribution is 2.30. The third-order valence-electron chi connectivity index (χ3n) is 2.08. The zero-order valence-electron chi connectivity index (χ0n) is 8.70. The molecule has 0 amide bonds. The molecule has 0 radical (unpaired) electrons. The molecule has 2 rings (SSSR count). The van der Waals surface area contributed by atoms with Crippen LogP contribution >= 0.6 is 11.3 Å². The molecule has 4 heteroatoms. The fourth-order valence-electron chi connectivity index (χ4n) is 1.48. The second-order valence-electron chi connectivity index (χ2n) is 3.29. The first-order chi connectivity index (χ1) is 7.20. The van der Waals surface area contributed by atoms with Crippen LogP contribution in [0.1, 0.15) is 17.4 Å². The predicted octanol–water partition coefficient (Wildman–Crippen LogP) is 2.91. The van der Waals surface area contributed by atoms with Crippen LogP contribution in [-0.4, -0.2) is 12.6 Å². The van der Waals surface area contributed by atoms with E-state index in [-0.39, 0.29) is 5.97 Å². The van der Waals surface area contributed by atoms with Gasteiger partial charge in [-0.1, -0.05) is 0 Å². The molecule has 0 aliphatic rings. The van der Waals surface area contributed by atoms with Crippen molar-refractivity contribution in [2.45, 2.75) is 20.3 Å². The van der Waals surface area contributed by atoms with Gasteiger partial charge < -0.3 is 9.15 Å². The molecule has 0 atom stereocenters. The molecule has 3 nitrogen and oxygen atoms in total. The maximum Gasteiger partial charge on any atom is 0.310 e. The lowest BCUT2D eigenvalue weighted by Crippen LogP contribution is -2.06. The zero-order valence-corrected chi connectivity index (χ0v) is 9.52. The Balaban J connectivity index is 2.24. The number of furan rings is 1. The Hall–Kier alpha value is -1.29. The summed E-state index contributed by atoms with van der Waals surface area (Å²) in [6.07, 6.45) is 1.93. The van der Waals surface area contributed by atoms with Gasteiger partial charge in [-0.25, -0.2) is 0 Å². The van der Waals surface area contributed by atoms with Crippen molar-refractivity contribution >= 4 is 27.6 Å². The number of carbonyl (C=O) groups excluding carboxylic acids is 1. The van der Waals surface area contributed by atoms with E-state index < -0.39 is 0 Å². The van der Waals surface area contributed by atoms with Crippen LogP contribution in [0.2, 0.25) is 0 Å². The average molecular weight is 224 g/mol. The summed E-state index contributed by atoms with van der Waals surface area (Å²) in [5, 5.41) is 0. The van der Waals surface area contributed by atoms with E-state index in [0.29, 0.717) is 13.0 Å². The molecular formula is C11H12O3S. The number of rotatable bonds is 3. The number of hydrogen-bond donors (Lipinski definition) is 0. The molecule has 0 fully saturated rings. The van der Waals surface area contributed by atoms with Crippen molar-refractivity contribution in [1.82, 2.24) is 0 Å². The Bertz CT molecular complexity index is 481. The number of thiophene rings is 1. The van der Waals surface area contributed by atoms with E-state index in [1.54, 1.807) is 24.5 Å². The second-order valence-corrected chi connectivity index (χ2v) is 4.55. The highest BCUT2D eigenvalue weighted by Gasteiger charge is 2.12. The quantitative estimate of drug-likeness (QED) is 0.752.